The van der Waals surface area contributed by atoms with E-state index in [1.807, 2.05) is 31.2 Å². The SMILES string of the molecule is CCCC1C(=O)NCC(=O)N1Cc1ccc(Br)cc1. The molecule has 1 N–H and O–H groups in total. The third-order valence-electron chi connectivity index (χ3n) is 3.24. The number of rotatable bonds is 4. The number of halogens is 1. The van der Waals surface area contributed by atoms with Crippen molar-refractivity contribution in [3.05, 3.63) is 34.3 Å². The molecule has 2 amide bonds. The van der Waals surface area contributed by atoms with Crippen LogP contribution in [0.2, 0.25) is 0 Å². The lowest BCUT2D eigenvalue weighted by atomic mass is 10.1. The summed E-state index contributed by atoms with van der Waals surface area (Å²) in [6.45, 7) is 2.62. The number of nitrogens with zero attached hydrogens (tertiary/aromatic N) is 1. The molecule has 0 aliphatic carbocycles. The molecule has 1 aliphatic rings. The van der Waals surface area contributed by atoms with Crippen LogP contribution in [0.3, 0.4) is 0 Å². The Bertz CT molecular complexity index is 473. The van der Waals surface area contributed by atoms with Crippen molar-refractivity contribution in [3.8, 4) is 0 Å². The van der Waals surface area contributed by atoms with Gasteiger partial charge in [0.25, 0.3) is 0 Å². The van der Waals surface area contributed by atoms with Gasteiger partial charge in [-0.05, 0) is 24.1 Å². The Labute approximate surface area is 121 Å². The maximum absolute atomic E-state index is 12.0. The number of hydrogen-bond acceptors (Lipinski definition) is 2. The van der Waals surface area contributed by atoms with Crippen LogP contribution in [0.4, 0.5) is 0 Å². The normalized spacial score (nSPS) is 19.5. The zero-order chi connectivity index (χ0) is 13.8. The number of piperazine rings is 1. The smallest absolute Gasteiger partial charge is 0.243 e. The number of nitrogens with one attached hydrogen (secondary N) is 1. The van der Waals surface area contributed by atoms with Crippen molar-refractivity contribution in [2.45, 2.75) is 32.4 Å². The highest BCUT2D eigenvalue weighted by molar-refractivity contribution is 9.10. The van der Waals surface area contributed by atoms with E-state index in [-0.39, 0.29) is 24.4 Å². The first-order valence-electron chi connectivity index (χ1n) is 6.43. The van der Waals surface area contributed by atoms with Crippen LogP contribution in [0.1, 0.15) is 25.3 Å². The molecule has 0 spiro atoms. The molecule has 1 aromatic carbocycles. The second kappa shape index (κ2) is 6.19. The Morgan fingerprint density at radius 1 is 1.32 bits per heavy atom. The number of amides is 2. The van der Waals surface area contributed by atoms with Crippen LogP contribution in [0.15, 0.2) is 28.7 Å². The molecule has 2 rings (SSSR count). The minimum Gasteiger partial charge on any atom is -0.345 e. The highest BCUT2D eigenvalue weighted by Crippen LogP contribution is 2.17. The Hall–Kier alpha value is -1.36. The standard InChI is InChI=1S/C14H17BrN2O2/c1-2-3-12-14(19)16-8-13(18)17(12)9-10-4-6-11(15)7-5-10/h4-7,12H,2-3,8-9H2,1H3,(H,16,19). The van der Waals surface area contributed by atoms with E-state index in [9.17, 15) is 9.59 Å². The molecule has 0 bridgehead atoms. The van der Waals surface area contributed by atoms with E-state index >= 15 is 0 Å². The maximum atomic E-state index is 12.0. The van der Waals surface area contributed by atoms with Crippen LogP contribution in [-0.2, 0) is 16.1 Å². The minimum absolute atomic E-state index is 0.0130. The zero-order valence-electron chi connectivity index (χ0n) is 10.9. The largest absolute Gasteiger partial charge is 0.345 e. The molecular weight excluding hydrogens is 308 g/mol. The van der Waals surface area contributed by atoms with Crippen molar-refractivity contribution in [2.24, 2.45) is 0 Å². The van der Waals surface area contributed by atoms with Gasteiger partial charge in [0.2, 0.25) is 11.8 Å². The predicted molar refractivity (Wildman–Crippen MR) is 76.4 cm³/mol. The molecular formula is C14H17BrN2O2. The molecule has 19 heavy (non-hydrogen) atoms. The number of hydrogen-bond donors (Lipinski definition) is 1. The highest BCUT2D eigenvalue weighted by atomic mass is 79.9. The van der Waals surface area contributed by atoms with Gasteiger partial charge in [-0.15, -0.1) is 0 Å². The van der Waals surface area contributed by atoms with Gasteiger partial charge in [-0.2, -0.15) is 0 Å². The topological polar surface area (TPSA) is 49.4 Å². The van der Waals surface area contributed by atoms with E-state index in [2.05, 4.69) is 21.2 Å². The number of carbonyl (C=O) groups is 2. The molecule has 0 saturated carbocycles. The first-order chi connectivity index (χ1) is 9.11. The fraction of sp³-hybridized carbons (Fsp3) is 0.429. The monoisotopic (exact) mass is 324 g/mol. The van der Waals surface area contributed by atoms with Crippen LogP contribution in [0, 0.1) is 0 Å². The highest BCUT2D eigenvalue weighted by Gasteiger charge is 2.33. The lowest BCUT2D eigenvalue weighted by Gasteiger charge is -2.35. The van der Waals surface area contributed by atoms with Gasteiger partial charge in [-0.3, -0.25) is 9.59 Å². The van der Waals surface area contributed by atoms with Gasteiger partial charge < -0.3 is 10.2 Å². The second-order valence-electron chi connectivity index (χ2n) is 4.67. The Balaban J connectivity index is 2.16. The van der Waals surface area contributed by atoms with Crippen LogP contribution in [0.5, 0.6) is 0 Å². The number of benzene rings is 1. The summed E-state index contributed by atoms with van der Waals surface area (Å²) >= 11 is 3.38. The van der Waals surface area contributed by atoms with Crippen molar-refractivity contribution in [3.63, 3.8) is 0 Å². The van der Waals surface area contributed by atoms with Gasteiger partial charge in [-0.1, -0.05) is 41.4 Å². The average molecular weight is 325 g/mol. The molecule has 1 heterocycles. The van der Waals surface area contributed by atoms with Gasteiger partial charge >= 0.3 is 0 Å². The molecule has 1 unspecified atom stereocenters. The summed E-state index contributed by atoms with van der Waals surface area (Å²) in [7, 11) is 0. The third kappa shape index (κ3) is 3.35. The fourth-order valence-electron chi connectivity index (χ4n) is 2.24. The zero-order valence-corrected chi connectivity index (χ0v) is 12.4. The Morgan fingerprint density at radius 3 is 2.63 bits per heavy atom. The van der Waals surface area contributed by atoms with Crippen molar-refractivity contribution in [1.29, 1.82) is 0 Å². The van der Waals surface area contributed by atoms with E-state index in [1.165, 1.54) is 0 Å². The predicted octanol–water partition coefficient (Wildman–Crippen LogP) is 2.08. The van der Waals surface area contributed by atoms with Gasteiger partial charge in [0.1, 0.15) is 6.04 Å². The maximum Gasteiger partial charge on any atom is 0.243 e. The molecule has 102 valence electrons. The van der Waals surface area contributed by atoms with E-state index in [0.717, 1.165) is 16.5 Å². The quantitative estimate of drug-likeness (QED) is 0.921. The summed E-state index contributed by atoms with van der Waals surface area (Å²) in [4.78, 5) is 25.6. The summed E-state index contributed by atoms with van der Waals surface area (Å²) < 4.78 is 1.00. The van der Waals surface area contributed by atoms with E-state index in [4.69, 9.17) is 0 Å². The summed E-state index contributed by atoms with van der Waals surface area (Å²) in [5.41, 5.74) is 1.03. The van der Waals surface area contributed by atoms with Crippen molar-refractivity contribution in [1.82, 2.24) is 10.2 Å². The van der Waals surface area contributed by atoms with Gasteiger partial charge in [-0.25, -0.2) is 0 Å². The molecule has 0 radical (unpaired) electrons. The van der Waals surface area contributed by atoms with Crippen LogP contribution in [0.25, 0.3) is 0 Å². The van der Waals surface area contributed by atoms with E-state index in [1.54, 1.807) is 4.90 Å². The molecule has 1 atom stereocenters. The summed E-state index contributed by atoms with van der Waals surface area (Å²) in [6, 6.07) is 7.48. The third-order valence-corrected chi connectivity index (χ3v) is 3.77. The van der Waals surface area contributed by atoms with Crippen LogP contribution in [-0.4, -0.2) is 29.3 Å². The second-order valence-corrected chi connectivity index (χ2v) is 5.59. The molecule has 1 fully saturated rings. The lowest BCUT2D eigenvalue weighted by Crippen LogP contribution is -2.57. The summed E-state index contributed by atoms with van der Waals surface area (Å²) in [5, 5.41) is 2.65. The van der Waals surface area contributed by atoms with Gasteiger partial charge in [0.15, 0.2) is 0 Å². The summed E-state index contributed by atoms with van der Waals surface area (Å²) in [5.74, 6) is -0.0560. The van der Waals surface area contributed by atoms with Crippen LogP contribution < -0.4 is 5.32 Å². The first kappa shape index (κ1) is 14.1. The molecule has 1 saturated heterocycles. The Kier molecular flexibility index (Phi) is 4.58. The molecule has 5 heteroatoms. The fourth-order valence-corrected chi connectivity index (χ4v) is 2.51. The average Bonchev–Trinajstić information content (AvgIpc) is 2.40. The minimum atomic E-state index is -0.338. The molecule has 0 aromatic heterocycles. The van der Waals surface area contributed by atoms with Crippen molar-refractivity contribution < 1.29 is 9.59 Å². The molecule has 1 aromatic rings. The molecule has 4 nitrogen and oxygen atoms in total. The molecule has 1 aliphatic heterocycles. The van der Waals surface area contributed by atoms with E-state index in [0.29, 0.717) is 13.0 Å². The van der Waals surface area contributed by atoms with Crippen molar-refractivity contribution in [2.75, 3.05) is 6.54 Å². The lowest BCUT2D eigenvalue weighted by molar-refractivity contribution is -0.146. The van der Waals surface area contributed by atoms with Crippen molar-refractivity contribution >= 4 is 27.7 Å². The Morgan fingerprint density at radius 2 is 2.00 bits per heavy atom. The van der Waals surface area contributed by atoms with Gasteiger partial charge in [0, 0.05) is 11.0 Å². The number of carbonyl (C=O) groups excluding carboxylic acids is 2. The van der Waals surface area contributed by atoms with Gasteiger partial charge in [0.05, 0.1) is 6.54 Å². The summed E-state index contributed by atoms with van der Waals surface area (Å²) in [6.07, 6.45) is 1.58. The first-order valence-corrected chi connectivity index (χ1v) is 7.22. The van der Waals surface area contributed by atoms with E-state index < -0.39 is 0 Å². The van der Waals surface area contributed by atoms with Crippen LogP contribution >= 0.6 is 15.9 Å².